The fraction of sp³-hybridized carbons (Fsp3) is 0.195. The Morgan fingerprint density at radius 1 is 0.740 bits per heavy atom. The van der Waals surface area contributed by atoms with Crippen LogP contribution in [0, 0.1) is 17.6 Å². The van der Waals surface area contributed by atoms with Crippen molar-refractivity contribution in [1.29, 1.82) is 0 Å². The van der Waals surface area contributed by atoms with Crippen molar-refractivity contribution < 1.29 is 75.4 Å². The standard InChI is InChI=1S/C17H13.C15H8F6.C9H13.2ClH.Zr/c1-3-12-5-7-14-11-15-8-6-13(4-2)10-17(15)16(14)9-12;16-14(17,18)12-5-1-3-10(8-12)7-11-4-2-6-13(9-11)15(19,20)21;1-9(2,3)8-6-4-5-7-8;;;/h3-7,9-10H,1-2,11H2;1-6,8-9H;6-7H,4H2,1-3H3;2*1H;/q-1;;-1;;;+2/p-2. The molecule has 2 aliphatic carbocycles. The number of hydrogen-bond donors (Lipinski definition) is 0. The van der Waals surface area contributed by atoms with Crippen molar-refractivity contribution in [2.24, 2.45) is 5.41 Å². The normalized spacial score (nSPS) is 12.7. The Labute approximate surface area is 317 Å². The van der Waals surface area contributed by atoms with E-state index in [1.165, 1.54) is 57.7 Å². The van der Waals surface area contributed by atoms with Crippen LogP contribution in [-0.4, -0.2) is 3.21 Å². The molecule has 0 saturated carbocycles. The van der Waals surface area contributed by atoms with Crippen molar-refractivity contribution in [3.8, 4) is 11.1 Å². The number of alkyl halides is 6. The molecule has 4 aromatic rings. The topological polar surface area (TPSA) is 0 Å². The average molecular weight is 803 g/mol. The van der Waals surface area contributed by atoms with Crippen molar-refractivity contribution >= 4 is 15.4 Å². The molecule has 0 N–H and O–H groups in total. The van der Waals surface area contributed by atoms with Crippen molar-refractivity contribution in [2.75, 3.05) is 0 Å². The Morgan fingerprint density at radius 3 is 1.72 bits per heavy atom. The van der Waals surface area contributed by atoms with Crippen LogP contribution in [0.2, 0.25) is 0 Å². The van der Waals surface area contributed by atoms with E-state index in [0.717, 1.165) is 66.9 Å². The van der Waals surface area contributed by atoms with Crippen LogP contribution in [0.5, 0.6) is 0 Å². The van der Waals surface area contributed by atoms with E-state index in [1.54, 1.807) is 0 Å². The SMILES string of the molecule is C=Cc1c[c-]c2c(c1)-c1cc(C=C)ccc1C2.CC(C)(C)C1=CC[C-]=C1.FC(F)(F)c1cccc([C](=[Zr+2])c2cccc(C(F)(F)F)c2)c1.[Cl-].[Cl-]. The van der Waals surface area contributed by atoms with E-state index >= 15 is 0 Å². The third-order valence-electron chi connectivity index (χ3n) is 7.83. The Bertz CT molecular complexity index is 1780. The first-order valence-electron chi connectivity index (χ1n) is 15.1. The van der Waals surface area contributed by atoms with E-state index in [1.807, 2.05) is 18.2 Å². The molecule has 0 heterocycles. The molecular weight excluding hydrogens is 769 g/mol. The second-order valence-corrected chi connectivity index (χ2v) is 13.6. The summed E-state index contributed by atoms with van der Waals surface area (Å²) in [6, 6.07) is 23.2. The average Bonchev–Trinajstić information content (AvgIpc) is 3.73. The van der Waals surface area contributed by atoms with Gasteiger partial charge in [-0.25, -0.2) is 6.08 Å². The minimum absolute atomic E-state index is 0. The van der Waals surface area contributed by atoms with Gasteiger partial charge in [-0.2, -0.15) is 35.4 Å². The summed E-state index contributed by atoms with van der Waals surface area (Å²) in [7, 11) is 0. The predicted molar refractivity (Wildman–Crippen MR) is 180 cm³/mol. The molecule has 0 aliphatic heterocycles. The van der Waals surface area contributed by atoms with Crippen LogP contribution >= 0.6 is 0 Å². The number of rotatable bonds is 4. The molecule has 0 aromatic heterocycles. The Kier molecular flexibility index (Phi) is 15.3. The zero-order valence-electron chi connectivity index (χ0n) is 27.7. The maximum absolute atomic E-state index is 12.7. The summed E-state index contributed by atoms with van der Waals surface area (Å²) in [5.41, 5.74) is 8.20. The van der Waals surface area contributed by atoms with Gasteiger partial charge >= 0.3 is 137 Å². The van der Waals surface area contributed by atoms with E-state index < -0.39 is 23.5 Å². The van der Waals surface area contributed by atoms with Crippen molar-refractivity contribution in [1.82, 2.24) is 0 Å². The van der Waals surface area contributed by atoms with E-state index in [9.17, 15) is 26.3 Å². The summed E-state index contributed by atoms with van der Waals surface area (Å²) in [5.74, 6) is 0. The fourth-order valence-corrected chi connectivity index (χ4v) is 5.92. The quantitative estimate of drug-likeness (QED) is 0.157. The second-order valence-electron chi connectivity index (χ2n) is 12.3. The first-order chi connectivity index (χ1) is 22.5. The van der Waals surface area contributed by atoms with E-state index in [4.69, 9.17) is 0 Å². The first-order valence-corrected chi connectivity index (χ1v) is 16.4. The van der Waals surface area contributed by atoms with Gasteiger partial charge in [0, 0.05) is 0 Å². The third kappa shape index (κ3) is 11.1. The van der Waals surface area contributed by atoms with Gasteiger partial charge in [0.1, 0.15) is 0 Å². The Balaban J connectivity index is 0.000000275. The molecule has 0 spiro atoms. The predicted octanol–water partition coefficient (Wildman–Crippen LogP) is 5.91. The van der Waals surface area contributed by atoms with E-state index in [2.05, 4.69) is 82.5 Å². The van der Waals surface area contributed by atoms with Gasteiger partial charge < -0.3 is 24.8 Å². The van der Waals surface area contributed by atoms with Gasteiger partial charge in [-0.15, -0.1) is 30.2 Å². The van der Waals surface area contributed by atoms with Crippen molar-refractivity contribution in [3.63, 3.8) is 0 Å². The molecule has 9 heteroatoms. The third-order valence-corrected chi connectivity index (χ3v) is 9.25. The first kappa shape index (κ1) is 42.9. The number of fused-ring (bicyclic) bond motifs is 3. The van der Waals surface area contributed by atoms with Crippen LogP contribution in [0.1, 0.15) is 71.7 Å². The van der Waals surface area contributed by atoms with Crippen molar-refractivity contribution in [2.45, 2.75) is 46.0 Å². The summed E-state index contributed by atoms with van der Waals surface area (Å²) < 4.78 is 76.7. The van der Waals surface area contributed by atoms with Crippen LogP contribution in [0.4, 0.5) is 26.3 Å². The van der Waals surface area contributed by atoms with Crippen LogP contribution in [0.15, 0.2) is 110 Å². The number of halogens is 8. The molecule has 6 rings (SSSR count). The summed E-state index contributed by atoms with van der Waals surface area (Å²) in [5, 5.41) is 0. The molecule has 0 saturated heterocycles. The molecule has 0 atom stereocenters. The van der Waals surface area contributed by atoms with Gasteiger partial charge in [-0.05, 0) is 12.0 Å². The number of hydrogen-bond acceptors (Lipinski definition) is 0. The van der Waals surface area contributed by atoms with Gasteiger partial charge in [0.05, 0.1) is 0 Å². The fourth-order valence-electron chi connectivity index (χ4n) is 5.15. The Hall–Kier alpha value is -3.25. The molecule has 4 aromatic carbocycles. The molecule has 2 aliphatic rings. The van der Waals surface area contributed by atoms with Crippen molar-refractivity contribution in [3.05, 3.63) is 166 Å². The zero-order chi connectivity index (χ0) is 35.3. The van der Waals surface area contributed by atoms with Gasteiger partial charge in [0.15, 0.2) is 0 Å². The zero-order valence-corrected chi connectivity index (χ0v) is 31.6. The van der Waals surface area contributed by atoms with Crippen LogP contribution < -0.4 is 24.8 Å². The molecule has 0 fully saturated rings. The summed E-state index contributed by atoms with van der Waals surface area (Å²) >= 11 is 0.729. The minimum Gasteiger partial charge on any atom is -1.00 e. The Morgan fingerprint density at radius 2 is 1.28 bits per heavy atom. The molecule has 50 heavy (non-hydrogen) atoms. The summed E-state index contributed by atoms with van der Waals surface area (Å²) in [6.07, 6.45) is 4.27. The van der Waals surface area contributed by atoms with E-state index in [-0.39, 0.29) is 35.9 Å². The number of allylic oxidation sites excluding steroid dienone is 4. The maximum atomic E-state index is 12.7. The molecular formula is C41H34Cl2F6Zr-2. The number of benzene rings is 4. The molecule has 0 nitrogen and oxygen atoms in total. The van der Waals surface area contributed by atoms with Crippen LogP contribution in [0.3, 0.4) is 0 Å². The molecule has 0 radical (unpaired) electrons. The van der Waals surface area contributed by atoms with E-state index in [0.29, 0.717) is 8.62 Å². The summed E-state index contributed by atoms with van der Waals surface area (Å²) in [4.78, 5) is 0. The largest absolute Gasteiger partial charge is 1.00 e. The van der Waals surface area contributed by atoms with Crippen LogP contribution in [-0.2, 0) is 43.0 Å². The molecule has 0 amide bonds. The van der Waals surface area contributed by atoms with Crippen LogP contribution in [0.25, 0.3) is 23.3 Å². The monoisotopic (exact) mass is 800 g/mol. The molecule has 0 unspecified atom stereocenters. The van der Waals surface area contributed by atoms with Gasteiger partial charge in [0.2, 0.25) is 0 Å². The smallest absolute Gasteiger partial charge is 1.00 e. The van der Waals surface area contributed by atoms with Gasteiger partial charge in [-0.3, -0.25) is 6.08 Å². The molecule has 0 bridgehead atoms. The molecule has 260 valence electrons. The minimum atomic E-state index is -4.49. The summed E-state index contributed by atoms with van der Waals surface area (Å²) in [6.45, 7) is 14.3. The van der Waals surface area contributed by atoms with Gasteiger partial charge in [0.25, 0.3) is 0 Å². The van der Waals surface area contributed by atoms with Gasteiger partial charge in [-0.1, -0.05) is 68.2 Å². The maximum Gasteiger partial charge on any atom is -1.00 e. The second kappa shape index (κ2) is 17.8.